The van der Waals surface area contributed by atoms with Crippen molar-refractivity contribution in [2.75, 3.05) is 37.7 Å². The van der Waals surface area contributed by atoms with Crippen molar-refractivity contribution in [3.63, 3.8) is 0 Å². The maximum atomic E-state index is 11.7. The van der Waals surface area contributed by atoms with Crippen LogP contribution >= 0.6 is 11.3 Å². The van der Waals surface area contributed by atoms with Crippen LogP contribution in [-0.4, -0.2) is 54.3 Å². The second-order valence-electron chi connectivity index (χ2n) is 8.58. The lowest BCUT2D eigenvalue weighted by molar-refractivity contribution is -0.127. The van der Waals surface area contributed by atoms with E-state index < -0.39 is 0 Å². The van der Waals surface area contributed by atoms with Crippen molar-refractivity contribution >= 4 is 27.2 Å². The first-order chi connectivity index (χ1) is 14.0. The molecular formula is C23H27N3O2S. The highest BCUT2D eigenvalue weighted by molar-refractivity contribution is 7.21. The molecule has 1 spiro atoms. The van der Waals surface area contributed by atoms with Crippen LogP contribution in [0.5, 0.6) is 0 Å². The molecule has 0 atom stereocenters. The minimum absolute atomic E-state index is 0.0147. The van der Waals surface area contributed by atoms with Crippen molar-refractivity contribution in [1.29, 1.82) is 0 Å². The van der Waals surface area contributed by atoms with Crippen LogP contribution in [-0.2, 0) is 4.74 Å². The van der Waals surface area contributed by atoms with Gasteiger partial charge < -0.3 is 9.64 Å². The van der Waals surface area contributed by atoms with E-state index in [2.05, 4.69) is 41.8 Å². The van der Waals surface area contributed by atoms with Crippen LogP contribution in [0.2, 0.25) is 0 Å². The van der Waals surface area contributed by atoms with E-state index in [0.29, 0.717) is 6.04 Å². The summed E-state index contributed by atoms with van der Waals surface area (Å²) in [4.78, 5) is 22.4. The maximum absolute atomic E-state index is 11.7. The summed E-state index contributed by atoms with van der Waals surface area (Å²) in [6.07, 6.45) is 2.13. The molecule has 1 aromatic carbocycles. The van der Waals surface area contributed by atoms with Gasteiger partial charge in [-0.05, 0) is 57.0 Å². The lowest BCUT2D eigenvalue weighted by Gasteiger charge is -2.48. The molecule has 1 aromatic rings. The smallest absolute Gasteiger partial charge is 0.180 e. The van der Waals surface area contributed by atoms with E-state index in [4.69, 9.17) is 9.72 Å². The average molecular weight is 410 g/mol. The SMILES string of the molecule is CC(C)N1CCOC2(CCN(c3ccc4nc5ccc(=O)cc-5sc4c3)CC2)C1. The van der Waals surface area contributed by atoms with Gasteiger partial charge in [0.25, 0.3) is 0 Å². The largest absolute Gasteiger partial charge is 0.372 e. The second kappa shape index (κ2) is 7.35. The number of morpholine rings is 1. The second-order valence-corrected chi connectivity index (χ2v) is 9.66. The van der Waals surface area contributed by atoms with Crippen molar-refractivity contribution in [2.24, 2.45) is 0 Å². The number of anilines is 1. The molecule has 2 fully saturated rings. The Balaban J connectivity index is 1.37. The van der Waals surface area contributed by atoms with Crippen molar-refractivity contribution in [1.82, 2.24) is 9.88 Å². The van der Waals surface area contributed by atoms with Crippen LogP contribution in [0.15, 0.2) is 41.2 Å². The van der Waals surface area contributed by atoms with Gasteiger partial charge in [-0.3, -0.25) is 9.69 Å². The molecule has 0 aromatic heterocycles. The van der Waals surface area contributed by atoms with E-state index in [1.807, 2.05) is 6.07 Å². The minimum Gasteiger partial charge on any atom is -0.372 e. The van der Waals surface area contributed by atoms with Crippen molar-refractivity contribution in [3.05, 3.63) is 46.6 Å². The Morgan fingerprint density at radius 1 is 1.10 bits per heavy atom. The van der Waals surface area contributed by atoms with Crippen LogP contribution < -0.4 is 10.3 Å². The van der Waals surface area contributed by atoms with E-state index in [9.17, 15) is 4.79 Å². The van der Waals surface area contributed by atoms with Gasteiger partial charge in [0.1, 0.15) is 0 Å². The molecule has 152 valence electrons. The molecule has 0 amide bonds. The van der Waals surface area contributed by atoms with Crippen molar-refractivity contribution < 1.29 is 4.74 Å². The number of benzene rings is 2. The maximum Gasteiger partial charge on any atom is 0.180 e. The summed E-state index contributed by atoms with van der Waals surface area (Å²) in [5.41, 5.74) is 3.16. The Morgan fingerprint density at radius 2 is 1.93 bits per heavy atom. The zero-order valence-corrected chi connectivity index (χ0v) is 17.9. The first-order valence-corrected chi connectivity index (χ1v) is 11.3. The molecule has 0 radical (unpaired) electrons. The number of nitrogens with zero attached hydrogens (tertiary/aromatic N) is 3. The molecule has 4 aliphatic rings. The number of fused-ring (bicyclic) bond motifs is 2. The summed E-state index contributed by atoms with van der Waals surface area (Å²) in [5, 5.41) is 0. The lowest BCUT2D eigenvalue weighted by atomic mass is 9.88. The molecule has 0 saturated carbocycles. The topological polar surface area (TPSA) is 45.7 Å². The van der Waals surface area contributed by atoms with Crippen LogP contribution in [0, 0.1) is 0 Å². The standard InChI is InChI=1S/C23H27N3O2S/c1-16(2)26-11-12-28-23(15-26)7-9-25(10-8-23)17-3-5-19-21(13-17)29-22-14-18(27)4-6-20(22)24-19/h3-6,13-14,16H,7-12,15H2,1-2H3. The van der Waals surface area contributed by atoms with Gasteiger partial charge in [-0.1, -0.05) is 0 Å². The monoisotopic (exact) mass is 409 g/mol. The molecule has 0 bridgehead atoms. The molecule has 3 heterocycles. The zero-order valence-electron chi connectivity index (χ0n) is 17.1. The van der Waals surface area contributed by atoms with E-state index in [1.165, 1.54) is 5.69 Å². The normalized spacial score (nSPS) is 20.2. The summed E-state index contributed by atoms with van der Waals surface area (Å²) in [7, 11) is 0. The fourth-order valence-electron chi connectivity index (χ4n) is 4.58. The summed E-state index contributed by atoms with van der Waals surface area (Å²) in [6, 6.07) is 12.2. The first kappa shape index (κ1) is 19.0. The highest BCUT2D eigenvalue weighted by atomic mass is 32.1. The number of aromatic nitrogens is 1. The number of ether oxygens (including phenoxy) is 1. The summed E-state index contributed by atoms with van der Waals surface area (Å²) < 4.78 is 7.42. The predicted molar refractivity (Wildman–Crippen MR) is 119 cm³/mol. The summed E-state index contributed by atoms with van der Waals surface area (Å²) in [6.45, 7) is 9.50. The van der Waals surface area contributed by atoms with E-state index in [-0.39, 0.29) is 11.0 Å². The Bertz CT molecular complexity index is 1060. The van der Waals surface area contributed by atoms with Gasteiger partial charge in [-0.2, -0.15) is 0 Å². The Morgan fingerprint density at radius 3 is 2.72 bits per heavy atom. The molecule has 1 aliphatic carbocycles. The van der Waals surface area contributed by atoms with Crippen LogP contribution in [0.4, 0.5) is 5.69 Å². The van der Waals surface area contributed by atoms with Crippen LogP contribution in [0.1, 0.15) is 26.7 Å². The molecule has 2 saturated heterocycles. The summed E-state index contributed by atoms with van der Waals surface area (Å²) >= 11 is 1.65. The fourth-order valence-corrected chi connectivity index (χ4v) is 5.61. The highest BCUT2D eigenvalue weighted by Crippen LogP contribution is 2.35. The molecule has 5 rings (SSSR count). The number of piperidine rings is 1. The van der Waals surface area contributed by atoms with E-state index in [1.54, 1.807) is 23.5 Å². The first-order valence-electron chi connectivity index (χ1n) is 10.5. The molecule has 0 unspecified atom stereocenters. The third kappa shape index (κ3) is 3.65. The van der Waals surface area contributed by atoms with Crippen LogP contribution in [0.25, 0.3) is 20.8 Å². The molecule has 3 aliphatic heterocycles. The van der Waals surface area contributed by atoms with Crippen LogP contribution in [0.3, 0.4) is 0 Å². The Hall–Kier alpha value is -2.02. The molecule has 6 heteroatoms. The van der Waals surface area contributed by atoms with E-state index in [0.717, 1.165) is 66.4 Å². The summed E-state index contributed by atoms with van der Waals surface area (Å²) in [5.74, 6) is 0. The van der Waals surface area contributed by atoms with Crippen molar-refractivity contribution in [2.45, 2.75) is 38.3 Å². The third-order valence-electron chi connectivity index (χ3n) is 6.38. The fraction of sp³-hybridized carbons (Fsp3) is 0.478. The predicted octanol–water partition coefficient (Wildman–Crippen LogP) is 3.84. The highest BCUT2D eigenvalue weighted by Gasteiger charge is 2.40. The van der Waals surface area contributed by atoms with Gasteiger partial charge in [0.2, 0.25) is 0 Å². The van der Waals surface area contributed by atoms with Gasteiger partial charge in [-0.25, -0.2) is 4.98 Å². The number of hydrogen-bond donors (Lipinski definition) is 0. The number of rotatable bonds is 2. The minimum atomic E-state index is 0.0147. The molecule has 5 nitrogen and oxygen atoms in total. The van der Waals surface area contributed by atoms with Gasteiger partial charge >= 0.3 is 0 Å². The molecule has 29 heavy (non-hydrogen) atoms. The van der Waals surface area contributed by atoms with Gasteiger partial charge in [0.15, 0.2) is 5.43 Å². The Kier molecular flexibility index (Phi) is 4.81. The average Bonchev–Trinajstić information content (AvgIpc) is 2.72. The quantitative estimate of drug-likeness (QED) is 0.602. The third-order valence-corrected chi connectivity index (χ3v) is 7.48. The number of hydrogen-bond acceptors (Lipinski definition) is 6. The van der Waals surface area contributed by atoms with Gasteiger partial charge in [0.05, 0.1) is 33.0 Å². The van der Waals surface area contributed by atoms with E-state index >= 15 is 0 Å². The lowest BCUT2D eigenvalue weighted by Crippen LogP contribution is -2.58. The molecular weight excluding hydrogens is 382 g/mol. The van der Waals surface area contributed by atoms with Gasteiger partial charge in [0, 0.05) is 44.0 Å². The van der Waals surface area contributed by atoms with Gasteiger partial charge in [-0.15, -0.1) is 11.3 Å². The zero-order chi connectivity index (χ0) is 20.0. The molecule has 0 N–H and O–H groups in total. The van der Waals surface area contributed by atoms with Crippen molar-refractivity contribution in [3.8, 4) is 10.6 Å². The Labute approximate surface area is 175 Å².